The van der Waals surface area contributed by atoms with Gasteiger partial charge in [0.1, 0.15) is 11.9 Å². The number of dihydropyridines is 2. The molecule has 9 N–H and O–H groups in total. The lowest BCUT2D eigenvalue weighted by atomic mass is 9.46. The van der Waals surface area contributed by atoms with Crippen LogP contribution in [0.25, 0.3) is 0 Å². The van der Waals surface area contributed by atoms with E-state index in [4.69, 9.17) is 15.2 Å². The number of aliphatic hydroxyl groups excluding tert-OH is 2. The van der Waals surface area contributed by atoms with Crippen LogP contribution in [0, 0.1) is 58.7 Å². The van der Waals surface area contributed by atoms with E-state index in [2.05, 4.69) is 70.8 Å². The van der Waals surface area contributed by atoms with Crippen molar-refractivity contribution in [3.05, 3.63) is 117 Å². The lowest BCUT2D eigenvalue weighted by Gasteiger charge is -2.63. The molecule has 1 saturated heterocycles. The summed E-state index contributed by atoms with van der Waals surface area (Å²) < 4.78 is 14.2. The molecule has 14 rings (SSSR count). The minimum Gasteiger partial charge on any atom is -0.459 e. The molecule has 1 aromatic carbocycles. The number of aliphatic hydroxyl groups is 2. The van der Waals surface area contributed by atoms with Gasteiger partial charge >= 0.3 is 5.97 Å². The molecule has 77 heavy (non-hydrogen) atoms. The number of carbonyl (C=O) groups excluding carboxylic acids is 3. The molecule has 13 nitrogen and oxygen atoms in total. The van der Waals surface area contributed by atoms with E-state index >= 15 is 14.4 Å². The maximum absolute atomic E-state index is 16.3. The number of carbonyl (C=O) groups is 3. The maximum Gasteiger partial charge on any atom is 0.350 e. The van der Waals surface area contributed by atoms with Crippen LogP contribution in [0.5, 0.6) is 0 Å². The van der Waals surface area contributed by atoms with Crippen molar-refractivity contribution in [2.45, 2.75) is 171 Å². The normalized spacial score (nSPS) is 42.6. The zero-order chi connectivity index (χ0) is 53.2. The SMILES string of the molecule is CCNC12C=C3C=CCC4C5CCCC(C)(CC6=CNC(N)C=C6)Cc6cccc7c6C(=O)C6(OC6(CC(CO)=C(C)CC6CCC8CC(NC)NC9=C8C6=CCN9)C7=O)C(=O)OC(C6CC(O)CCC6C1)C2C(CC5)C34. The molecule has 0 amide bonds. The first kappa shape index (κ1) is 51.8. The maximum atomic E-state index is 16.3. The van der Waals surface area contributed by atoms with Gasteiger partial charge in [-0.15, -0.1) is 0 Å². The van der Waals surface area contributed by atoms with Crippen molar-refractivity contribution in [3.8, 4) is 0 Å². The number of hydrogen-bond donors (Lipinski definition) is 8. The van der Waals surface area contributed by atoms with Crippen LogP contribution in [-0.4, -0.2) is 95.8 Å². The Morgan fingerprint density at radius 2 is 1.84 bits per heavy atom. The number of nitrogens with two attached hydrogens (primary N) is 1. The molecule has 6 aliphatic heterocycles. The van der Waals surface area contributed by atoms with Crippen molar-refractivity contribution in [2.75, 3.05) is 26.7 Å². The molecule has 6 bridgehead atoms. The Morgan fingerprint density at radius 1 is 0.987 bits per heavy atom. The number of rotatable bonds is 10. The summed E-state index contributed by atoms with van der Waals surface area (Å²) >= 11 is 0. The summed E-state index contributed by atoms with van der Waals surface area (Å²) in [5, 5.41) is 41.1. The van der Waals surface area contributed by atoms with Gasteiger partial charge in [-0.2, -0.15) is 0 Å². The van der Waals surface area contributed by atoms with Crippen molar-refractivity contribution < 1.29 is 34.1 Å². The third kappa shape index (κ3) is 8.30. The van der Waals surface area contributed by atoms with Crippen LogP contribution < -0.4 is 32.3 Å². The Bertz CT molecular complexity index is 2850. The molecule has 7 aliphatic carbocycles. The minimum atomic E-state index is -2.26. The third-order valence-electron chi connectivity index (χ3n) is 22.1. The van der Waals surface area contributed by atoms with E-state index in [1.807, 2.05) is 38.4 Å². The minimum absolute atomic E-state index is 0.103. The van der Waals surface area contributed by atoms with E-state index in [0.29, 0.717) is 54.9 Å². The van der Waals surface area contributed by atoms with E-state index in [-0.39, 0.29) is 71.5 Å². The second kappa shape index (κ2) is 19.6. The highest BCUT2D eigenvalue weighted by atomic mass is 16.7. The molecule has 5 fully saturated rings. The summed E-state index contributed by atoms with van der Waals surface area (Å²) in [7, 11) is 2.00. The van der Waals surface area contributed by atoms with E-state index in [0.717, 1.165) is 113 Å². The lowest BCUT2D eigenvalue weighted by Crippen LogP contribution is -2.68. The number of ketones is 2. The number of esters is 1. The molecule has 0 radical (unpaired) electrons. The number of benzene rings is 1. The first-order valence-electron chi connectivity index (χ1n) is 30.0. The van der Waals surface area contributed by atoms with Crippen LogP contribution in [0.2, 0.25) is 0 Å². The second-order valence-corrected chi connectivity index (χ2v) is 26.4. The Kier molecular flexibility index (Phi) is 13.2. The zero-order valence-electron chi connectivity index (χ0n) is 45.9. The molecular weight excluding hydrogens is 965 g/mol. The topological polar surface area (TPSA) is 200 Å². The summed E-state index contributed by atoms with van der Waals surface area (Å²) in [5.74, 6) is 1.46. The van der Waals surface area contributed by atoms with Gasteiger partial charge in [0.15, 0.2) is 11.4 Å². The first-order valence-corrected chi connectivity index (χ1v) is 30.0. The summed E-state index contributed by atoms with van der Waals surface area (Å²) in [6.45, 7) is 7.65. The molecule has 0 aromatic heterocycles. The molecule has 412 valence electrons. The molecule has 13 heteroatoms. The standard InChI is InChI=1S/C64H84N6O7/c1-5-69-62-30-40-17-19-44(72)27-49(40)56-55(62)47-20-18-37(45-12-6-10-42(31-62)52(45)47)11-8-23-61(3,28-36-14-21-50(65)68-33-36)29-41-9-7-13-48-53(41)58(74)64(60(75)76-56)63(77-64,57(48)73)32-43(34-71)35(2)25-38-15-16-39-26-51(66-4)70-59-54(39)46(38)22-24-67-59/h6-7,9-10,13-14,21-22,31,33,37-40,44-45,47,49-52,55-56,66-72H,5,8,11-12,15-20,23-30,32,34,65H2,1-4H3. The van der Waals surface area contributed by atoms with Crippen LogP contribution in [0.4, 0.5) is 0 Å². The van der Waals surface area contributed by atoms with Gasteiger partial charge in [-0.25, -0.2) is 4.79 Å². The number of nitrogens with one attached hydrogen (secondary N) is 5. The number of epoxide rings is 1. The van der Waals surface area contributed by atoms with Crippen LogP contribution in [0.3, 0.4) is 0 Å². The highest BCUT2D eigenvalue weighted by Crippen LogP contribution is 2.65. The van der Waals surface area contributed by atoms with E-state index in [1.165, 1.54) is 16.7 Å². The number of Topliss-reactive ketones (excluding diaryl/α,β-unsaturated/α-hetero) is 2. The van der Waals surface area contributed by atoms with Crippen LogP contribution in [0.1, 0.15) is 150 Å². The molecule has 1 aromatic rings. The van der Waals surface area contributed by atoms with Crippen molar-refractivity contribution in [2.24, 2.45) is 64.4 Å². The summed E-state index contributed by atoms with van der Waals surface area (Å²) in [6.07, 6.45) is 28.5. The molecule has 6 heterocycles. The van der Waals surface area contributed by atoms with Crippen molar-refractivity contribution in [3.63, 3.8) is 0 Å². The predicted octanol–water partition coefficient (Wildman–Crippen LogP) is 7.64. The fraction of sp³-hybridized carbons (Fsp3) is 0.641. The summed E-state index contributed by atoms with van der Waals surface area (Å²) in [6, 6.07) is 5.61. The Labute approximate surface area is 455 Å². The molecule has 13 aliphatic rings. The second-order valence-electron chi connectivity index (χ2n) is 26.4. The monoisotopic (exact) mass is 1050 g/mol. The third-order valence-corrected chi connectivity index (χ3v) is 22.1. The van der Waals surface area contributed by atoms with Gasteiger partial charge in [0.05, 0.1) is 25.0 Å². The Hall–Kier alpha value is -4.63. The van der Waals surface area contributed by atoms with Gasteiger partial charge < -0.3 is 52.0 Å². The predicted molar refractivity (Wildman–Crippen MR) is 295 cm³/mol. The Balaban J connectivity index is 0.932. The number of hydrogen-bond acceptors (Lipinski definition) is 13. The van der Waals surface area contributed by atoms with Crippen molar-refractivity contribution in [1.29, 1.82) is 0 Å². The first-order chi connectivity index (χ1) is 37.2. The lowest BCUT2D eigenvalue weighted by molar-refractivity contribution is -0.183. The molecule has 1 spiro atoms. The quantitative estimate of drug-likeness (QED) is 0.0493. The van der Waals surface area contributed by atoms with Gasteiger partial charge in [0.2, 0.25) is 5.78 Å². The fourth-order valence-electron chi connectivity index (χ4n) is 18.7. The highest BCUT2D eigenvalue weighted by Gasteiger charge is 2.86. The van der Waals surface area contributed by atoms with Gasteiger partial charge in [-0.1, -0.05) is 80.8 Å². The van der Waals surface area contributed by atoms with Crippen molar-refractivity contribution >= 4 is 17.5 Å². The molecule has 17 unspecified atom stereocenters. The smallest absolute Gasteiger partial charge is 0.350 e. The summed E-state index contributed by atoms with van der Waals surface area (Å²) in [4.78, 5) is 48.6. The molecule has 17 atom stereocenters. The Morgan fingerprint density at radius 3 is 2.65 bits per heavy atom. The average Bonchev–Trinajstić information content (AvgIpc) is 2.92. The van der Waals surface area contributed by atoms with Gasteiger partial charge in [-0.05, 0) is 197 Å². The molecule has 4 saturated carbocycles. The average molecular weight is 1050 g/mol. The number of likely N-dealkylation sites (N-methyl/N-ethyl adjacent to an activating group) is 1. The number of ether oxygens (including phenoxy) is 2. The number of allylic oxidation sites excluding steroid dienone is 8. The molecular formula is C64H84N6O7. The fourth-order valence-corrected chi connectivity index (χ4v) is 18.7. The van der Waals surface area contributed by atoms with Gasteiger partial charge in [-0.3, -0.25) is 9.59 Å². The van der Waals surface area contributed by atoms with E-state index in [9.17, 15) is 10.2 Å². The van der Waals surface area contributed by atoms with E-state index in [1.54, 1.807) is 6.07 Å². The van der Waals surface area contributed by atoms with Gasteiger partial charge in [0, 0.05) is 47.7 Å². The highest BCUT2D eigenvalue weighted by molar-refractivity contribution is 6.33. The zero-order valence-corrected chi connectivity index (χ0v) is 45.9. The van der Waals surface area contributed by atoms with Gasteiger partial charge in [0.25, 0.3) is 5.60 Å². The van der Waals surface area contributed by atoms with Crippen LogP contribution in [-0.2, 0) is 20.7 Å². The summed E-state index contributed by atoms with van der Waals surface area (Å²) in [5.41, 5.74) is 9.35. The van der Waals surface area contributed by atoms with E-state index < -0.39 is 46.5 Å². The van der Waals surface area contributed by atoms with Crippen LogP contribution >= 0.6 is 0 Å². The van der Waals surface area contributed by atoms with Crippen LogP contribution in [0.15, 0.2) is 100 Å². The van der Waals surface area contributed by atoms with Crippen molar-refractivity contribution in [1.82, 2.24) is 26.6 Å². The largest absolute Gasteiger partial charge is 0.459 e. The number of fused-ring (bicyclic) bond motifs is 7.